The largest absolute Gasteiger partial charge is 0.478 e. The molecule has 0 aliphatic rings. The molecule has 0 aromatic carbocycles. The molecule has 0 saturated heterocycles. The highest BCUT2D eigenvalue weighted by Gasteiger charge is 1.99. The summed E-state index contributed by atoms with van der Waals surface area (Å²) >= 11 is 0. The van der Waals surface area contributed by atoms with Crippen molar-refractivity contribution in [3.8, 4) is 5.88 Å². The molecule has 0 atom stereocenters. The molecule has 1 heterocycles. The monoisotopic (exact) mass is 210 g/mol. The van der Waals surface area contributed by atoms with E-state index in [2.05, 4.69) is 29.2 Å². The predicted molar refractivity (Wildman–Crippen MR) is 59.4 cm³/mol. The number of nitrogens with zero attached hydrogens (tertiary/aromatic N) is 2. The molecule has 0 bridgehead atoms. The summed E-state index contributed by atoms with van der Waals surface area (Å²) in [4.78, 5) is 7.93. The molecule has 0 amide bonds. The van der Waals surface area contributed by atoms with Gasteiger partial charge < -0.3 is 4.74 Å². The molecule has 0 fully saturated rings. The number of anilines is 1. The Hall–Kier alpha value is -1.36. The smallest absolute Gasteiger partial charge is 0.240 e. The van der Waals surface area contributed by atoms with Gasteiger partial charge in [0.1, 0.15) is 0 Å². The molecule has 3 N–H and O–H groups in total. The lowest BCUT2D eigenvalue weighted by molar-refractivity contribution is 0.287. The maximum atomic E-state index is 5.45. The highest BCUT2D eigenvalue weighted by atomic mass is 16.5. The molecule has 1 aromatic heterocycles. The van der Waals surface area contributed by atoms with Crippen LogP contribution in [0.2, 0.25) is 0 Å². The summed E-state index contributed by atoms with van der Waals surface area (Å²) in [5.41, 5.74) is 2.37. The first-order chi connectivity index (χ1) is 7.22. The van der Waals surface area contributed by atoms with Crippen LogP contribution in [0.25, 0.3) is 0 Å². The summed E-state index contributed by atoms with van der Waals surface area (Å²) in [5, 5.41) is 0. The van der Waals surface area contributed by atoms with Crippen molar-refractivity contribution in [3.05, 3.63) is 12.3 Å². The normalized spacial score (nSPS) is 10.4. The number of nitrogen functional groups attached to an aromatic ring is 1. The Labute approximate surface area is 90.0 Å². The van der Waals surface area contributed by atoms with E-state index in [0.29, 0.717) is 24.4 Å². The first-order valence-corrected chi connectivity index (χ1v) is 5.15. The molecule has 0 radical (unpaired) electrons. The van der Waals surface area contributed by atoms with E-state index in [0.717, 1.165) is 12.8 Å². The van der Waals surface area contributed by atoms with Crippen LogP contribution in [-0.2, 0) is 0 Å². The van der Waals surface area contributed by atoms with Gasteiger partial charge in [0.15, 0.2) is 0 Å². The van der Waals surface area contributed by atoms with E-state index >= 15 is 0 Å². The molecule has 15 heavy (non-hydrogen) atoms. The Balaban J connectivity index is 2.30. The SMILES string of the molecule is CC(C)CCCOc1ccnc(NN)n1. The molecule has 5 nitrogen and oxygen atoms in total. The number of hydrazine groups is 1. The van der Waals surface area contributed by atoms with E-state index in [1.165, 1.54) is 0 Å². The Morgan fingerprint density at radius 1 is 1.53 bits per heavy atom. The first-order valence-electron chi connectivity index (χ1n) is 5.15. The Bertz CT molecular complexity index is 291. The summed E-state index contributed by atoms with van der Waals surface area (Å²) < 4.78 is 5.45. The minimum atomic E-state index is 0.372. The van der Waals surface area contributed by atoms with Crippen molar-refractivity contribution in [3.63, 3.8) is 0 Å². The minimum absolute atomic E-state index is 0.372. The molecule has 84 valence electrons. The van der Waals surface area contributed by atoms with Gasteiger partial charge in [0.05, 0.1) is 6.61 Å². The molecular formula is C10H18N4O. The Morgan fingerprint density at radius 2 is 2.33 bits per heavy atom. The number of ether oxygens (including phenoxy) is 1. The van der Waals surface area contributed by atoms with Gasteiger partial charge in [-0.05, 0) is 18.8 Å². The number of rotatable bonds is 6. The summed E-state index contributed by atoms with van der Waals surface area (Å²) in [6.45, 7) is 5.07. The molecule has 0 spiro atoms. The van der Waals surface area contributed by atoms with Crippen LogP contribution >= 0.6 is 0 Å². The van der Waals surface area contributed by atoms with E-state index in [9.17, 15) is 0 Å². The standard InChI is InChI=1S/C10H18N4O/c1-8(2)4-3-7-15-9-5-6-12-10(13-9)14-11/h5-6,8H,3-4,7,11H2,1-2H3,(H,12,13,14). The third-order valence-electron chi connectivity index (χ3n) is 1.93. The lowest BCUT2D eigenvalue weighted by atomic mass is 10.1. The van der Waals surface area contributed by atoms with Crippen molar-refractivity contribution >= 4 is 5.95 Å². The van der Waals surface area contributed by atoms with E-state index in [-0.39, 0.29) is 0 Å². The zero-order valence-corrected chi connectivity index (χ0v) is 9.23. The first kappa shape index (κ1) is 11.7. The molecule has 0 saturated carbocycles. The van der Waals surface area contributed by atoms with Crippen molar-refractivity contribution in [1.29, 1.82) is 0 Å². The van der Waals surface area contributed by atoms with Crippen LogP contribution in [0.5, 0.6) is 5.88 Å². The average molecular weight is 210 g/mol. The number of hydrogen-bond donors (Lipinski definition) is 2. The molecule has 0 aliphatic carbocycles. The number of hydrogen-bond acceptors (Lipinski definition) is 5. The van der Waals surface area contributed by atoms with E-state index in [1.54, 1.807) is 12.3 Å². The fourth-order valence-electron chi connectivity index (χ4n) is 1.16. The van der Waals surface area contributed by atoms with Crippen LogP contribution in [0, 0.1) is 5.92 Å². The third-order valence-corrected chi connectivity index (χ3v) is 1.93. The van der Waals surface area contributed by atoms with Gasteiger partial charge in [-0.25, -0.2) is 10.8 Å². The van der Waals surface area contributed by atoms with Crippen molar-refractivity contribution in [1.82, 2.24) is 9.97 Å². The van der Waals surface area contributed by atoms with Crippen LogP contribution in [0.1, 0.15) is 26.7 Å². The van der Waals surface area contributed by atoms with Gasteiger partial charge in [0, 0.05) is 12.3 Å². The molecule has 1 aromatic rings. The van der Waals surface area contributed by atoms with Crippen molar-refractivity contribution in [2.24, 2.45) is 11.8 Å². The highest BCUT2D eigenvalue weighted by molar-refractivity contribution is 5.25. The van der Waals surface area contributed by atoms with E-state index < -0.39 is 0 Å². The summed E-state index contributed by atoms with van der Waals surface area (Å²) in [6, 6.07) is 1.72. The van der Waals surface area contributed by atoms with E-state index in [4.69, 9.17) is 10.6 Å². The van der Waals surface area contributed by atoms with Crippen molar-refractivity contribution < 1.29 is 4.74 Å². The van der Waals surface area contributed by atoms with Crippen LogP contribution in [0.3, 0.4) is 0 Å². The minimum Gasteiger partial charge on any atom is -0.478 e. The van der Waals surface area contributed by atoms with Gasteiger partial charge in [-0.2, -0.15) is 4.98 Å². The van der Waals surface area contributed by atoms with Crippen LogP contribution < -0.4 is 16.0 Å². The molecular weight excluding hydrogens is 192 g/mol. The maximum absolute atomic E-state index is 5.45. The fraction of sp³-hybridized carbons (Fsp3) is 0.600. The van der Waals surface area contributed by atoms with Crippen LogP contribution in [-0.4, -0.2) is 16.6 Å². The second-order valence-electron chi connectivity index (χ2n) is 3.75. The predicted octanol–water partition coefficient (Wildman–Crippen LogP) is 1.58. The van der Waals surface area contributed by atoms with Gasteiger partial charge >= 0.3 is 0 Å². The lowest BCUT2D eigenvalue weighted by Gasteiger charge is -2.07. The number of nitrogens with two attached hydrogens (primary N) is 1. The topological polar surface area (TPSA) is 73.1 Å². The molecule has 1 rings (SSSR count). The lowest BCUT2D eigenvalue weighted by Crippen LogP contribution is -2.11. The quantitative estimate of drug-likeness (QED) is 0.423. The Kier molecular flexibility index (Phi) is 4.83. The second-order valence-corrected chi connectivity index (χ2v) is 3.75. The van der Waals surface area contributed by atoms with Crippen LogP contribution in [0.4, 0.5) is 5.95 Å². The zero-order valence-electron chi connectivity index (χ0n) is 9.23. The van der Waals surface area contributed by atoms with Gasteiger partial charge in [0.25, 0.3) is 0 Å². The summed E-state index contributed by atoms with van der Waals surface area (Å²) in [7, 11) is 0. The zero-order chi connectivity index (χ0) is 11.1. The highest BCUT2D eigenvalue weighted by Crippen LogP contribution is 2.09. The van der Waals surface area contributed by atoms with Crippen molar-refractivity contribution in [2.75, 3.05) is 12.0 Å². The van der Waals surface area contributed by atoms with Gasteiger partial charge in [0.2, 0.25) is 11.8 Å². The van der Waals surface area contributed by atoms with Crippen LogP contribution in [0.15, 0.2) is 12.3 Å². The van der Waals surface area contributed by atoms with Gasteiger partial charge in [-0.3, -0.25) is 5.43 Å². The fourth-order valence-corrected chi connectivity index (χ4v) is 1.16. The third kappa shape index (κ3) is 4.60. The molecule has 5 heteroatoms. The number of nitrogens with one attached hydrogen (secondary N) is 1. The molecule has 0 aliphatic heterocycles. The molecule has 0 unspecified atom stereocenters. The van der Waals surface area contributed by atoms with Gasteiger partial charge in [-0.1, -0.05) is 13.8 Å². The average Bonchev–Trinajstić information content (AvgIpc) is 2.24. The van der Waals surface area contributed by atoms with Gasteiger partial charge in [-0.15, -0.1) is 0 Å². The van der Waals surface area contributed by atoms with Crippen molar-refractivity contribution in [2.45, 2.75) is 26.7 Å². The van der Waals surface area contributed by atoms with E-state index in [1.807, 2.05) is 0 Å². The maximum Gasteiger partial charge on any atom is 0.240 e. The number of aromatic nitrogens is 2. The Morgan fingerprint density at radius 3 is 3.00 bits per heavy atom. The summed E-state index contributed by atoms with van der Waals surface area (Å²) in [6.07, 6.45) is 3.81. The second kappa shape index (κ2) is 6.19. The summed E-state index contributed by atoms with van der Waals surface area (Å²) in [5.74, 6) is 6.82.